The summed E-state index contributed by atoms with van der Waals surface area (Å²) >= 11 is 0. The second-order valence-corrected chi connectivity index (χ2v) is 8.26. The van der Waals surface area contributed by atoms with Gasteiger partial charge in [0.15, 0.2) is 0 Å². The first-order chi connectivity index (χ1) is 10.9. The monoisotopic (exact) mass is 341 g/mol. The average molecular weight is 341 g/mol. The maximum Gasteiger partial charge on any atom is 0.211 e. The Kier molecular flexibility index (Phi) is 6.44. The molecule has 5 nitrogen and oxygen atoms in total. The number of nitrogens with one attached hydrogen (secondary N) is 1. The highest BCUT2D eigenvalue weighted by Gasteiger charge is 2.29. The van der Waals surface area contributed by atoms with Gasteiger partial charge in [-0.1, -0.05) is 26.0 Å². The van der Waals surface area contributed by atoms with Crippen LogP contribution in [0.15, 0.2) is 24.3 Å². The van der Waals surface area contributed by atoms with E-state index in [1.165, 1.54) is 5.56 Å². The van der Waals surface area contributed by atoms with Crippen LogP contribution in [0.3, 0.4) is 0 Å². The van der Waals surface area contributed by atoms with Crippen molar-refractivity contribution in [3.63, 3.8) is 0 Å². The van der Waals surface area contributed by atoms with E-state index in [1.54, 1.807) is 6.92 Å². The standard InChI is InChI=1S/C17H27NO4S/c1-4-23(19,20)18-16-6-5-11-21-17(16)12-22-15-9-7-14(8-10-15)13(2)3/h7-10,13,16-18H,4-6,11-12H2,1-3H3/t16-,17-/m0/s1. The van der Waals surface area contributed by atoms with Crippen LogP contribution >= 0.6 is 0 Å². The molecule has 130 valence electrons. The lowest BCUT2D eigenvalue weighted by atomic mass is 10.0. The molecule has 1 aliphatic rings. The molecule has 1 aliphatic heterocycles. The molecule has 0 aliphatic carbocycles. The highest BCUT2D eigenvalue weighted by atomic mass is 32.2. The molecule has 0 radical (unpaired) electrons. The minimum atomic E-state index is -3.24. The number of benzene rings is 1. The fraction of sp³-hybridized carbons (Fsp3) is 0.647. The van der Waals surface area contributed by atoms with Crippen molar-refractivity contribution in [1.29, 1.82) is 0 Å². The molecule has 23 heavy (non-hydrogen) atoms. The molecular weight excluding hydrogens is 314 g/mol. The minimum absolute atomic E-state index is 0.0771. The van der Waals surface area contributed by atoms with E-state index in [1.807, 2.05) is 12.1 Å². The maximum absolute atomic E-state index is 11.8. The topological polar surface area (TPSA) is 64.6 Å². The summed E-state index contributed by atoms with van der Waals surface area (Å²) in [6.45, 7) is 6.92. The van der Waals surface area contributed by atoms with Gasteiger partial charge in [0, 0.05) is 6.61 Å². The van der Waals surface area contributed by atoms with Crippen molar-refractivity contribution < 1.29 is 17.9 Å². The van der Waals surface area contributed by atoms with E-state index >= 15 is 0 Å². The third-order valence-corrected chi connectivity index (χ3v) is 5.53. The van der Waals surface area contributed by atoms with Gasteiger partial charge in [0.25, 0.3) is 0 Å². The van der Waals surface area contributed by atoms with E-state index in [4.69, 9.17) is 9.47 Å². The van der Waals surface area contributed by atoms with Crippen LogP contribution in [-0.4, -0.2) is 39.5 Å². The summed E-state index contributed by atoms with van der Waals surface area (Å²) in [5.41, 5.74) is 1.26. The van der Waals surface area contributed by atoms with Gasteiger partial charge in [-0.2, -0.15) is 0 Å². The predicted molar refractivity (Wildman–Crippen MR) is 91.4 cm³/mol. The van der Waals surface area contributed by atoms with Gasteiger partial charge in [-0.3, -0.25) is 0 Å². The summed E-state index contributed by atoms with van der Waals surface area (Å²) in [5.74, 6) is 1.34. The number of hydrogen-bond acceptors (Lipinski definition) is 4. The largest absolute Gasteiger partial charge is 0.491 e. The predicted octanol–water partition coefficient (Wildman–Crippen LogP) is 2.68. The highest BCUT2D eigenvalue weighted by Crippen LogP contribution is 2.20. The lowest BCUT2D eigenvalue weighted by Crippen LogP contribution is -2.49. The molecule has 1 fully saturated rings. The average Bonchev–Trinajstić information content (AvgIpc) is 2.54. The highest BCUT2D eigenvalue weighted by molar-refractivity contribution is 7.89. The molecule has 1 aromatic rings. The molecule has 0 aromatic heterocycles. The minimum Gasteiger partial charge on any atom is -0.491 e. The van der Waals surface area contributed by atoms with Crippen LogP contribution in [0, 0.1) is 0 Å². The number of ether oxygens (including phenoxy) is 2. The first kappa shape index (κ1) is 18.2. The quantitative estimate of drug-likeness (QED) is 0.828. The third-order valence-electron chi connectivity index (χ3n) is 4.11. The lowest BCUT2D eigenvalue weighted by Gasteiger charge is -2.31. The van der Waals surface area contributed by atoms with Crippen LogP contribution in [0.1, 0.15) is 45.1 Å². The van der Waals surface area contributed by atoms with E-state index in [-0.39, 0.29) is 17.9 Å². The fourth-order valence-corrected chi connectivity index (χ4v) is 3.48. The molecule has 6 heteroatoms. The van der Waals surface area contributed by atoms with Crippen molar-refractivity contribution in [2.75, 3.05) is 19.0 Å². The van der Waals surface area contributed by atoms with E-state index in [0.717, 1.165) is 18.6 Å². The van der Waals surface area contributed by atoms with Crippen LogP contribution in [0.25, 0.3) is 0 Å². The zero-order chi connectivity index (χ0) is 16.9. The van der Waals surface area contributed by atoms with Crippen molar-refractivity contribution in [3.8, 4) is 5.75 Å². The normalized spacial score (nSPS) is 22.3. The van der Waals surface area contributed by atoms with Crippen LogP contribution in [0.2, 0.25) is 0 Å². The van der Waals surface area contributed by atoms with Crippen LogP contribution < -0.4 is 9.46 Å². The Morgan fingerprint density at radius 2 is 2.00 bits per heavy atom. The molecule has 1 heterocycles. The van der Waals surface area contributed by atoms with E-state index in [9.17, 15) is 8.42 Å². The van der Waals surface area contributed by atoms with Gasteiger partial charge in [-0.15, -0.1) is 0 Å². The van der Waals surface area contributed by atoms with Gasteiger partial charge in [-0.05, 0) is 43.4 Å². The molecule has 0 unspecified atom stereocenters. The Bertz CT molecular complexity index is 583. The van der Waals surface area contributed by atoms with Gasteiger partial charge < -0.3 is 9.47 Å². The first-order valence-corrected chi connectivity index (χ1v) is 9.91. The van der Waals surface area contributed by atoms with Gasteiger partial charge >= 0.3 is 0 Å². The lowest BCUT2D eigenvalue weighted by molar-refractivity contribution is -0.0279. The van der Waals surface area contributed by atoms with Crippen molar-refractivity contribution in [2.24, 2.45) is 0 Å². The molecule has 0 spiro atoms. The third kappa shape index (κ3) is 5.48. The van der Waals surface area contributed by atoms with Crippen molar-refractivity contribution in [3.05, 3.63) is 29.8 Å². The Labute approximate surface area is 139 Å². The number of sulfonamides is 1. The molecule has 2 rings (SSSR count). The van der Waals surface area contributed by atoms with Gasteiger partial charge in [0.05, 0.1) is 11.8 Å². The maximum atomic E-state index is 11.8. The summed E-state index contributed by atoms with van der Waals surface area (Å²) in [6.07, 6.45) is 1.38. The van der Waals surface area contributed by atoms with Crippen molar-refractivity contribution in [1.82, 2.24) is 4.72 Å². The van der Waals surface area contributed by atoms with E-state index in [0.29, 0.717) is 19.1 Å². The Morgan fingerprint density at radius 3 is 2.61 bits per heavy atom. The SMILES string of the molecule is CCS(=O)(=O)N[C@H]1CCCO[C@H]1COc1ccc(C(C)C)cc1. The summed E-state index contributed by atoms with van der Waals surface area (Å²) in [5, 5.41) is 0. The molecule has 2 atom stereocenters. The number of rotatable bonds is 7. The van der Waals surface area contributed by atoms with E-state index in [2.05, 4.69) is 30.7 Å². The first-order valence-electron chi connectivity index (χ1n) is 8.25. The van der Waals surface area contributed by atoms with Crippen LogP contribution in [-0.2, 0) is 14.8 Å². The summed E-state index contributed by atoms with van der Waals surface area (Å²) < 4.78 is 37.8. The van der Waals surface area contributed by atoms with Crippen LogP contribution in [0.5, 0.6) is 5.75 Å². The Balaban J connectivity index is 1.94. The zero-order valence-electron chi connectivity index (χ0n) is 14.1. The number of hydrogen-bond donors (Lipinski definition) is 1. The summed E-state index contributed by atoms with van der Waals surface area (Å²) in [6, 6.07) is 7.79. The molecule has 1 N–H and O–H groups in total. The molecule has 0 bridgehead atoms. The Hall–Kier alpha value is -1.11. The van der Waals surface area contributed by atoms with Gasteiger partial charge in [-0.25, -0.2) is 13.1 Å². The molecule has 0 amide bonds. The van der Waals surface area contributed by atoms with Gasteiger partial charge in [0.2, 0.25) is 10.0 Å². The van der Waals surface area contributed by atoms with Crippen molar-refractivity contribution in [2.45, 2.75) is 51.7 Å². The second kappa shape index (κ2) is 8.13. The molecule has 1 aromatic carbocycles. The zero-order valence-corrected chi connectivity index (χ0v) is 14.9. The molecule has 0 saturated carbocycles. The summed E-state index contributed by atoms with van der Waals surface area (Å²) in [7, 11) is -3.24. The van der Waals surface area contributed by atoms with Gasteiger partial charge in [0.1, 0.15) is 18.5 Å². The van der Waals surface area contributed by atoms with Crippen LogP contribution in [0.4, 0.5) is 0 Å². The second-order valence-electron chi connectivity index (χ2n) is 6.21. The summed E-state index contributed by atoms with van der Waals surface area (Å²) in [4.78, 5) is 0. The van der Waals surface area contributed by atoms with Crippen molar-refractivity contribution >= 4 is 10.0 Å². The Morgan fingerprint density at radius 1 is 1.30 bits per heavy atom. The fourth-order valence-electron chi connectivity index (χ4n) is 2.58. The molecular formula is C17H27NO4S. The smallest absolute Gasteiger partial charge is 0.211 e. The van der Waals surface area contributed by atoms with E-state index < -0.39 is 10.0 Å². The molecule has 1 saturated heterocycles.